The second-order valence-electron chi connectivity index (χ2n) is 9.48. The van der Waals surface area contributed by atoms with Crippen LogP contribution in [-0.2, 0) is 14.4 Å². The molecule has 8 nitrogen and oxygen atoms in total. The predicted molar refractivity (Wildman–Crippen MR) is 137 cm³/mol. The van der Waals surface area contributed by atoms with Gasteiger partial charge < -0.3 is 10.2 Å². The Balaban J connectivity index is 1.48. The largest absolute Gasteiger partial charge is 0.329 e. The number of likely N-dealkylation sites (tertiary alicyclic amines) is 1. The molecule has 1 saturated heterocycles. The van der Waals surface area contributed by atoms with Gasteiger partial charge in [-0.05, 0) is 57.9 Å². The number of hydroxylamine groups is 1. The Hall–Kier alpha value is -3.62. The molecule has 4 rings (SSSR count). The highest BCUT2D eigenvalue weighted by Crippen LogP contribution is 2.33. The first kappa shape index (κ1) is 24.5. The molecule has 35 heavy (non-hydrogen) atoms. The summed E-state index contributed by atoms with van der Waals surface area (Å²) in [6, 6.07) is 20.4. The molecule has 1 aliphatic heterocycles. The molecule has 0 spiro atoms. The molecular weight excluding hydrogens is 442 g/mol. The van der Waals surface area contributed by atoms with Gasteiger partial charge in [0.15, 0.2) is 0 Å². The summed E-state index contributed by atoms with van der Waals surface area (Å²) in [5, 5.41) is 13.5. The number of azo groups is 1. The Morgan fingerprint density at radius 1 is 0.971 bits per heavy atom. The van der Waals surface area contributed by atoms with Gasteiger partial charge in [-0.25, -0.2) is 0 Å². The van der Waals surface area contributed by atoms with Crippen LogP contribution in [0.15, 0.2) is 77.0 Å². The maximum absolute atomic E-state index is 13.2. The zero-order chi connectivity index (χ0) is 24.8. The van der Waals surface area contributed by atoms with Crippen LogP contribution in [0.5, 0.6) is 0 Å². The summed E-state index contributed by atoms with van der Waals surface area (Å²) < 4.78 is 0. The Kier molecular flexibility index (Phi) is 7.53. The molecule has 2 N–H and O–H groups in total. The van der Waals surface area contributed by atoms with Crippen molar-refractivity contribution in [2.24, 2.45) is 10.2 Å². The topological polar surface area (TPSA) is 95.4 Å². The van der Waals surface area contributed by atoms with Crippen molar-refractivity contribution in [3.63, 3.8) is 0 Å². The van der Waals surface area contributed by atoms with Crippen LogP contribution in [-0.4, -0.2) is 41.4 Å². The van der Waals surface area contributed by atoms with E-state index in [1.807, 2.05) is 87.5 Å². The zero-order valence-electron chi connectivity index (χ0n) is 20.3. The van der Waals surface area contributed by atoms with Gasteiger partial charge in [-0.15, -0.1) is 5.11 Å². The van der Waals surface area contributed by atoms with Gasteiger partial charge in [-0.3, -0.25) is 14.4 Å². The molecule has 3 aromatic carbocycles. The van der Waals surface area contributed by atoms with E-state index >= 15 is 0 Å². The summed E-state index contributed by atoms with van der Waals surface area (Å²) in [6.07, 6.45) is 1.41. The van der Waals surface area contributed by atoms with Crippen LogP contribution in [0.3, 0.4) is 0 Å². The summed E-state index contributed by atoms with van der Waals surface area (Å²) in [5.74, 6) is -0.357. The Morgan fingerprint density at radius 3 is 2.43 bits per heavy atom. The minimum absolute atomic E-state index is 0.0189. The van der Waals surface area contributed by atoms with Crippen molar-refractivity contribution >= 4 is 39.6 Å². The number of rotatable bonds is 7. The fourth-order valence-electron chi connectivity index (χ4n) is 4.06. The normalized spacial score (nSPS) is 16.2. The van der Waals surface area contributed by atoms with Crippen molar-refractivity contribution in [2.45, 2.75) is 45.3 Å². The Labute approximate surface area is 205 Å². The molecule has 3 aromatic rings. The third-order valence-electron chi connectivity index (χ3n) is 5.67. The van der Waals surface area contributed by atoms with E-state index in [9.17, 15) is 9.59 Å². The minimum Gasteiger partial charge on any atom is -0.329 e. The molecular formula is C27H31N5O3. The number of fused-ring (bicyclic) bond motifs is 1. The van der Waals surface area contributed by atoms with Crippen molar-refractivity contribution in [1.82, 2.24) is 10.4 Å². The van der Waals surface area contributed by atoms with Gasteiger partial charge in [-0.1, -0.05) is 42.5 Å². The quantitative estimate of drug-likeness (QED) is 0.350. The van der Waals surface area contributed by atoms with Crippen LogP contribution >= 0.6 is 0 Å². The third kappa shape index (κ3) is 6.29. The van der Waals surface area contributed by atoms with E-state index in [1.54, 1.807) is 4.90 Å². The van der Waals surface area contributed by atoms with Gasteiger partial charge in [0.2, 0.25) is 11.8 Å². The Morgan fingerprint density at radius 2 is 1.69 bits per heavy atom. The van der Waals surface area contributed by atoms with Crippen molar-refractivity contribution in [3.05, 3.63) is 66.7 Å². The van der Waals surface area contributed by atoms with Crippen molar-refractivity contribution in [3.8, 4) is 0 Å². The molecule has 8 heteroatoms. The fourth-order valence-corrected chi connectivity index (χ4v) is 4.06. The molecule has 182 valence electrons. The number of nitrogens with zero attached hydrogens (tertiary/aromatic N) is 3. The number of nitrogens with one attached hydrogen (secondary N) is 2. The number of amides is 2. The summed E-state index contributed by atoms with van der Waals surface area (Å²) in [5.41, 5.74) is 4.47. The van der Waals surface area contributed by atoms with E-state index in [0.29, 0.717) is 24.3 Å². The minimum atomic E-state index is -0.518. The van der Waals surface area contributed by atoms with Crippen LogP contribution in [0.1, 0.15) is 33.6 Å². The van der Waals surface area contributed by atoms with E-state index in [1.165, 1.54) is 0 Å². The van der Waals surface area contributed by atoms with Crippen molar-refractivity contribution in [2.75, 3.05) is 18.4 Å². The molecule has 1 aliphatic rings. The second-order valence-corrected chi connectivity index (χ2v) is 9.48. The van der Waals surface area contributed by atoms with E-state index in [2.05, 4.69) is 21.0 Å². The molecule has 0 aliphatic carbocycles. The van der Waals surface area contributed by atoms with Crippen molar-refractivity contribution < 1.29 is 14.4 Å². The predicted octanol–water partition coefficient (Wildman–Crippen LogP) is 5.50. The lowest BCUT2D eigenvalue weighted by Crippen LogP contribution is -2.47. The highest BCUT2D eigenvalue weighted by molar-refractivity contribution is 6.07. The molecule has 1 atom stereocenters. The van der Waals surface area contributed by atoms with Crippen LogP contribution in [0.25, 0.3) is 10.8 Å². The first-order valence-corrected chi connectivity index (χ1v) is 11.8. The summed E-state index contributed by atoms with van der Waals surface area (Å²) in [7, 11) is 0. The molecule has 1 heterocycles. The van der Waals surface area contributed by atoms with Crippen LogP contribution in [0, 0.1) is 0 Å². The first-order valence-electron chi connectivity index (χ1n) is 11.8. The third-order valence-corrected chi connectivity index (χ3v) is 5.67. The molecule has 0 radical (unpaired) electrons. The molecule has 0 saturated carbocycles. The average Bonchev–Trinajstić information content (AvgIpc) is 3.34. The highest BCUT2D eigenvalue weighted by atomic mass is 16.7. The molecule has 1 fully saturated rings. The maximum atomic E-state index is 13.2. The van der Waals surface area contributed by atoms with Crippen LogP contribution in [0.2, 0.25) is 0 Å². The fraction of sp³-hybridized carbons (Fsp3) is 0.333. The summed E-state index contributed by atoms with van der Waals surface area (Å²) in [4.78, 5) is 33.0. The molecule has 0 aromatic heterocycles. The van der Waals surface area contributed by atoms with E-state index < -0.39 is 11.6 Å². The number of hydrogen-bond acceptors (Lipinski definition) is 6. The number of benzene rings is 3. The van der Waals surface area contributed by atoms with E-state index in [0.717, 1.165) is 22.9 Å². The number of anilines is 1. The Bertz CT molecular complexity index is 1220. The monoisotopic (exact) mass is 473 g/mol. The van der Waals surface area contributed by atoms with Crippen LogP contribution in [0.4, 0.5) is 17.1 Å². The van der Waals surface area contributed by atoms with Gasteiger partial charge in [0, 0.05) is 23.0 Å². The molecule has 2 amide bonds. The van der Waals surface area contributed by atoms with Crippen molar-refractivity contribution in [1.29, 1.82) is 0 Å². The molecule has 0 bridgehead atoms. The lowest BCUT2D eigenvalue weighted by Gasteiger charge is -2.25. The number of hydrogen-bond donors (Lipinski definition) is 2. The smallest absolute Gasteiger partial charge is 0.247 e. The van der Waals surface area contributed by atoms with Gasteiger partial charge in [0.05, 0.1) is 17.0 Å². The standard InChI is InChI=1S/C27H31N5O3/c1-27(2,3)35-28-18-25(33)32-17-9-14-24(32)26(34)29-22-15-16-23(21-13-8-7-12-20(21)22)31-30-19-10-5-4-6-11-19/h4-8,10-13,15-16,24,28H,9,14,17-18H2,1-3H3,(H,29,34)/b31-30+/t24-/m0/s1. The number of carbonyl (C=O) groups excluding carboxylic acids is 2. The van der Waals surface area contributed by atoms with Crippen LogP contribution < -0.4 is 10.8 Å². The second kappa shape index (κ2) is 10.8. The van der Waals surface area contributed by atoms with E-state index in [4.69, 9.17) is 4.84 Å². The van der Waals surface area contributed by atoms with Gasteiger partial charge in [0.1, 0.15) is 12.6 Å². The zero-order valence-corrected chi connectivity index (χ0v) is 20.3. The maximum Gasteiger partial charge on any atom is 0.247 e. The SMILES string of the molecule is CC(C)(C)ONCC(=O)N1CCC[C@H]1C(=O)Nc1ccc(/N=N/c2ccccc2)c2ccccc12. The lowest BCUT2D eigenvalue weighted by atomic mass is 10.1. The molecule has 0 unspecified atom stereocenters. The van der Waals surface area contributed by atoms with Gasteiger partial charge in [0.25, 0.3) is 0 Å². The summed E-state index contributed by atoms with van der Waals surface area (Å²) >= 11 is 0. The number of carbonyl (C=O) groups is 2. The van der Waals surface area contributed by atoms with E-state index in [-0.39, 0.29) is 18.4 Å². The highest BCUT2D eigenvalue weighted by Gasteiger charge is 2.34. The summed E-state index contributed by atoms with van der Waals surface area (Å²) in [6.45, 7) is 6.26. The first-order chi connectivity index (χ1) is 16.8. The lowest BCUT2D eigenvalue weighted by molar-refractivity contribution is -0.141. The van der Waals surface area contributed by atoms with Gasteiger partial charge in [-0.2, -0.15) is 10.6 Å². The van der Waals surface area contributed by atoms with Gasteiger partial charge >= 0.3 is 0 Å². The average molecular weight is 474 g/mol.